The second-order valence-electron chi connectivity index (χ2n) is 7.72. The summed E-state index contributed by atoms with van der Waals surface area (Å²) >= 11 is 0. The number of hydrogen-bond donors (Lipinski definition) is 0. The minimum Gasteiger partial charge on any atom is -0.379 e. The van der Waals surface area contributed by atoms with E-state index in [2.05, 4.69) is 4.90 Å². The number of ether oxygens (including phenoxy) is 1. The first-order chi connectivity index (χ1) is 13.7. The molecule has 0 aliphatic carbocycles. The summed E-state index contributed by atoms with van der Waals surface area (Å²) in [4.78, 5) is 27.2. The Morgan fingerprint density at radius 3 is 2.41 bits per heavy atom. The van der Waals surface area contributed by atoms with Crippen molar-refractivity contribution < 1.29 is 22.9 Å². The van der Waals surface area contributed by atoms with Gasteiger partial charge in [0.05, 0.1) is 23.0 Å². The first-order valence-corrected chi connectivity index (χ1v) is 11.7. The van der Waals surface area contributed by atoms with Crippen LogP contribution in [0.3, 0.4) is 0 Å². The number of carbonyl (C=O) groups excluding carboxylic acids is 1. The highest BCUT2D eigenvalue weighted by Gasteiger charge is 2.26. The Morgan fingerprint density at radius 1 is 1.17 bits per heavy atom. The maximum absolute atomic E-state index is 12.9. The van der Waals surface area contributed by atoms with Crippen molar-refractivity contribution in [2.75, 3.05) is 52.2 Å². The zero-order valence-electron chi connectivity index (χ0n) is 16.6. The van der Waals surface area contributed by atoms with Crippen LogP contribution in [-0.2, 0) is 14.6 Å². The SMILES string of the molecule is CS(=O)(=O)c1cc(C(=O)N2CCC(CCN3CCOCC3)CC2)cc([N+](=O)[O-])c1. The van der Waals surface area contributed by atoms with Crippen LogP contribution in [0.5, 0.6) is 0 Å². The molecule has 1 amide bonds. The van der Waals surface area contributed by atoms with Gasteiger partial charge in [0.2, 0.25) is 0 Å². The Kier molecular flexibility index (Phi) is 6.86. The van der Waals surface area contributed by atoms with Crippen LogP contribution in [0.25, 0.3) is 0 Å². The van der Waals surface area contributed by atoms with E-state index >= 15 is 0 Å². The van der Waals surface area contributed by atoms with Crippen LogP contribution >= 0.6 is 0 Å². The summed E-state index contributed by atoms with van der Waals surface area (Å²) < 4.78 is 29.1. The fraction of sp³-hybridized carbons (Fsp3) is 0.632. The molecule has 160 valence electrons. The number of carbonyl (C=O) groups is 1. The number of nitro benzene ring substituents is 1. The molecule has 0 aromatic heterocycles. The van der Waals surface area contributed by atoms with Crippen LogP contribution < -0.4 is 0 Å². The molecule has 0 atom stereocenters. The number of benzene rings is 1. The minimum absolute atomic E-state index is 0.0476. The predicted molar refractivity (Wildman–Crippen MR) is 107 cm³/mol. The zero-order chi connectivity index (χ0) is 21.0. The van der Waals surface area contributed by atoms with Gasteiger partial charge in [0.25, 0.3) is 11.6 Å². The summed E-state index contributed by atoms with van der Waals surface area (Å²) in [6, 6.07) is 3.38. The lowest BCUT2D eigenvalue weighted by molar-refractivity contribution is -0.385. The Bertz CT molecular complexity index is 859. The first kappa shape index (κ1) is 21.7. The van der Waals surface area contributed by atoms with Crippen LogP contribution in [0, 0.1) is 16.0 Å². The molecule has 2 saturated heterocycles. The van der Waals surface area contributed by atoms with Crippen molar-refractivity contribution in [2.45, 2.75) is 24.2 Å². The summed E-state index contributed by atoms with van der Waals surface area (Å²) in [5.74, 6) is 0.184. The number of morpholine rings is 1. The molecule has 1 aromatic rings. The second-order valence-corrected chi connectivity index (χ2v) is 9.74. The Balaban J connectivity index is 1.61. The number of sulfone groups is 1. The number of amides is 1. The van der Waals surface area contributed by atoms with E-state index in [9.17, 15) is 23.3 Å². The van der Waals surface area contributed by atoms with E-state index in [1.165, 1.54) is 6.07 Å². The van der Waals surface area contributed by atoms with Crippen molar-refractivity contribution in [3.63, 3.8) is 0 Å². The van der Waals surface area contributed by atoms with Gasteiger partial charge in [0.15, 0.2) is 9.84 Å². The van der Waals surface area contributed by atoms with Crippen LogP contribution in [-0.4, -0.2) is 81.2 Å². The predicted octanol–water partition coefficient (Wildman–Crippen LogP) is 1.57. The third kappa shape index (κ3) is 5.74. The minimum atomic E-state index is -3.66. The van der Waals surface area contributed by atoms with Crippen LogP contribution in [0.1, 0.15) is 29.6 Å². The number of nitrogens with zero attached hydrogens (tertiary/aromatic N) is 3. The molecule has 0 radical (unpaired) electrons. The maximum atomic E-state index is 12.9. The quantitative estimate of drug-likeness (QED) is 0.502. The van der Waals surface area contributed by atoms with Crippen LogP contribution in [0.2, 0.25) is 0 Å². The van der Waals surface area contributed by atoms with Crippen LogP contribution in [0.15, 0.2) is 23.1 Å². The standard InChI is InChI=1S/C19H27N3O6S/c1-29(26,27)18-13-16(12-17(14-18)22(24)25)19(23)21-6-3-15(4-7-21)2-5-20-8-10-28-11-9-20/h12-15H,2-11H2,1H3. The molecular weight excluding hydrogens is 398 g/mol. The van der Waals surface area contributed by atoms with E-state index < -0.39 is 20.4 Å². The van der Waals surface area contributed by atoms with Gasteiger partial charge >= 0.3 is 0 Å². The molecule has 2 aliphatic rings. The largest absolute Gasteiger partial charge is 0.379 e. The molecule has 0 saturated carbocycles. The molecule has 3 rings (SSSR count). The van der Waals surface area contributed by atoms with Gasteiger partial charge in [-0.2, -0.15) is 0 Å². The summed E-state index contributed by atoms with van der Waals surface area (Å²) in [5, 5.41) is 11.2. The number of nitro groups is 1. The number of hydrogen-bond acceptors (Lipinski definition) is 7. The van der Waals surface area contributed by atoms with Gasteiger partial charge in [-0.25, -0.2) is 8.42 Å². The molecule has 9 nitrogen and oxygen atoms in total. The molecular formula is C19H27N3O6S. The van der Waals surface area contributed by atoms with Crippen molar-refractivity contribution in [2.24, 2.45) is 5.92 Å². The molecule has 0 unspecified atom stereocenters. The molecule has 0 N–H and O–H groups in total. The Hall–Kier alpha value is -2.04. The zero-order valence-corrected chi connectivity index (χ0v) is 17.4. The average Bonchev–Trinajstić information content (AvgIpc) is 2.72. The monoisotopic (exact) mass is 425 g/mol. The molecule has 2 aliphatic heterocycles. The number of non-ortho nitro benzene ring substituents is 1. The maximum Gasteiger partial charge on any atom is 0.271 e. The normalized spacial score (nSPS) is 19.3. The van der Waals surface area contributed by atoms with Gasteiger partial charge in [-0.15, -0.1) is 0 Å². The number of likely N-dealkylation sites (tertiary alicyclic amines) is 1. The smallest absolute Gasteiger partial charge is 0.271 e. The molecule has 2 heterocycles. The summed E-state index contributed by atoms with van der Waals surface area (Å²) in [6.07, 6.45) is 3.81. The van der Waals surface area contributed by atoms with E-state index in [0.717, 1.165) is 70.5 Å². The molecule has 2 fully saturated rings. The van der Waals surface area contributed by atoms with Crippen molar-refractivity contribution in [3.05, 3.63) is 33.9 Å². The average molecular weight is 426 g/mol. The lowest BCUT2D eigenvalue weighted by Gasteiger charge is -2.34. The van der Waals surface area contributed by atoms with E-state index in [4.69, 9.17) is 4.74 Å². The fourth-order valence-electron chi connectivity index (χ4n) is 3.82. The van der Waals surface area contributed by atoms with Gasteiger partial charge in [0.1, 0.15) is 0 Å². The third-order valence-electron chi connectivity index (χ3n) is 5.64. The fourth-order valence-corrected chi connectivity index (χ4v) is 4.50. The Morgan fingerprint density at radius 2 is 1.83 bits per heavy atom. The lowest BCUT2D eigenvalue weighted by Crippen LogP contribution is -2.40. The van der Waals surface area contributed by atoms with Crippen molar-refractivity contribution in [1.82, 2.24) is 9.80 Å². The summed E-state index contributed by atoms with van der Waals surface area (Å²) in [7, 11) is -3.66. The first-order valence-electron chi connectivity index (χ1n) is 9.83. The lowest BCUT2D eigenvalue weighted by atomic mass is 9.93. The van der Waals surface area contributed by atoms with Gasteiger partial charge in [-0.05, 0) is 37.8 Å². The van der Waals surface area contributed by atoms with Crippen molar-refractivity contribution in [3.8, 4) is 0 Å². The Labute approximate surface area is 170 Å². The molecule has 29 heavy (non-hydrogen) atoms. The van der Waals surface area contributed by atoms with E-state index in [1.807, 2.05) is 0 Å². The molecule has 10 heteroatoms. The van der Waals surface area contributed by atoms with Gasteiger partial charge in [-0.3, -0.25) is 19.8 Å². The third-order valence-corrected chi connectivity index (χ3v) is 6.73. The summed E-state index contributed by atoms with van der Waals surface area (Å²) in [5.41, 5.74) is -0.344. The topological polar surface area (TPSA) is 110 Å². The molecule has 0 spiro atoms. The van der Waals surface area contributed by atoms with Gasteiger partial charge in [-0.1, -0.05) is 0 Å². The van der Waals surface area contributed by atoms with E-state index in [1.54, 1.807) is 4.90 Å². The van der Waals surface area contributed by atoms with Gasteiger partial charge < -0.3 is 9.64 Å². The number of piperidine rings is 1. The van der Waals surface area contributed by atoms with E-state index in [-0.39, 0.29) is 16.4 Å². The highest BCUT2D eigenvalue weighted by Crippen LogP contribution is 2.25. The molecule has 0 bridgehead atoms. The van der Waals surface area contributed by atoms with Crippen molar-refractivity contribution in [1.29, 1.82) is 0 Å². The number of rotatable bonds is 6. The van der Waals surface area contributed by atoms with Gasteiger partial charge in [0, 0.05) is 50.1 Å². The highest BCUT2D eigenvalue weighted by atomic mass is 32.2. The summed E-state index contributed by atoms with van der Waals surface area (Å²) in [6.45, 7) is 5.68. The molecule has 1 aromatic carbocycles. The van der Waals surface area contributed by atoms with Crippen LogP contribution in [0.4, 0.5) is 5.69 Å². The van der Waals surface area contributed by atoms with E-state index in [0.29, 0.717) is 19.0 Å². The second kappa shape index (κ2) is 9.19. The van der Waals surface area contributed by atoms with Crippen molar-refractivity contribution >= 4 is 21.4 Å². The highest BCUT2D eigenvalue weighted by molar-refractivity contribution is 7.90.